The Morgan fingerprint density at radius 2 is 1.77 bits per heavy atom. The summed E-state index contributed by atoms with van der Waals surface area (Å²) in [5, 5.41) is 0.196. The van der Waals surface area contributed by atoms with Gasteiger partial charge >= 0.3 is 0 Å². The van der Waals surface area contributed by atoms with Gasteiger partial charge in [-0.05, 0) is 12.3 Å². The molecule has 0 aromatic carbocycles. The lowest BCUT2D eigenvalue weighted by Crippen LogP contribution is -2.49. The Labute approximate surface area is 84.7 Å². The molecule has 1 aliphatic rings. The Hall–Kier alpha value is 0.177. The summed E-state index contributed by atoms with van der Waals surface area (Å²) in [5.41, 5.74) is 6.35. The third-order valence-corrected chi connectivity index (χ3v) is 6.65. The summed E-state index contributed by atoms with van der Waals surface area (Å²) in [6.45, 7) is 7.03. The second kappa shape index (κ2) is 4.60. The molecule has 0 bridgehead atoms. The summed E-state index contributed by atoms with van der Waals surface area (Å²) in [6.07, 6.45) is 8.51. The van der Waals surface area contributed by atoms with E-state index in [1.54, 1.807) is 0 Å². The fourth-order valence-electron chi connectivity index (χ4n) is 2.25. The van der Waals surface area contributed by atoms with Gasteiger partial charge in [0.15, 0.2) is 0 Å². The molecule has 0 aromatic heterocycles. The summed E-state index contributed by atoms with van der Waals surface area (Å²) < 4.78 is 0. The van der Waals surface area contributed by atoms with Crippen LogP contribution in [0.1, 0.15) is 45.4 Å². The lowest BCUT2D eigenvalue weighted by Gasteiger charge is -2.34. The van der Waals surface area contributed by atoms with Crippen LogP contribution in [-0.2, 0) is 0 Å². The van der Waals surface area contributed by atoms with E-state index in [1.807, 2.05) is 0 Å². The van der Waals surface area contributed by atoms with Crippen LogP contribution in [0.2, 0.25) is 13.1 Å². The summed E-state index contributed by atoms with van der Waals surface area (Å²) in [4.78, 5) is 0. The molecular weight excluding hydrogens is 174 g/mol. The van der Waals surface area contributed by atoms with Gasteiger partial charge in [-0.2, -0.15) is 0 Å². The first-order valence-electron chi connectivity index (χ1n) is 5.81. The van der Waals surface area contributed by atoms with E-state index in [2.05, 4.69) is 20.0 Å². The minimum absolute atomic E-state index is 0.196. The normalized spacial score (nSPS) is 24.7. The number of rotatable bonds is 3. The first-order valence-corrected chi connectivity index (χ1v) is 8.70. The quantitative estimate of drug-likeness (QED) is 0.695. The predicted molar refractivity (Wildman–Crippen MR) is 62.7 cm³/mol. The fraction of sp³-hybridized carbons (Fsp3) is 1.00. The lowest BCUT2D eigenvalue weighted by atomic mass is 9.85. The van der Waals surface area contributed by atoms with Gasteiger partial charge in [0.05, 0.1) is 8.80 Å². The van der Waals surface area contributed by atoms with Gasteiger partial charge in [-0.15, -0.1) is 0 Å². The van der Waals surface area contributed by atoms with E-state index in [-0.39, 0.29) is 5.16 Å². The molecule has 78 valence electrons. The smallest absolute Gasteiger partial charge is 0.0538 e. The van der Waals surface area contributed by atoms with E-state index in [9.17, 15) is 0 Å². The van der Waals surface area contributed by atoms with Gasteiger partial charge in [0.1, 0.15) is 0 Å². The van der Waals surface area contributed by atoms with Crippen LogP contribution in [0.4, 0.5) is 0 Å². The summed E-state index contributed by atoms with van der Waals surface area (Å²) in [7, 11) is -0.673. The van der Waals surface area contributed by atoms with Crippen molar-refractivity contribution >= 4 is 8.80 Å². The van der Waals surface area contributed by atoms with Crippen molar-refractivity contribution in [3.8, 4) is 0 Å². The average molecular weight is 199 g/mol. The largest absolute Gasteiger partial charge is 0.328 e. The topological polar surface area (TPSA) is 26.0 Å². The third-order valence-electron chi connectivity index (χ3n) is 3.77. The molecule has 1 unspecified atom stereocenters. The molecule has 2 heteroatoms. The van der Waals surface area contributed by atoms with E-state index in [1.165, 1.54) is 38.5 Å². The minimum Gasteiger partial charge on any atom is -0.328 e. The zero-order valence-corrected chi connectivity index (χ0v) is 10.6. The highest BCUT2D eigenvalue weighted by Crippen LogP contribution is 2.30. The van der Waals surface area contributed by atoms with Crippen molar-refractivity contribution < 1.29 is 0 Å². The molecule has 1 nitrogen and oxygen atoms in total. The van der Waals surface area contributed by atoms with Crippen molar-refractivity contribution in [1.82, 2.24) is 0 Å². The zero-order valence-electron chi connectivity index (χ0n) is 9.47. The maximum atomic E-state index is 6.35. The van der Waals surface area contributed by atoms with Crippen molar-refractivity contribution in [2.45, 2.75) is 63.7 Å². The van der Waals surface area contributed by atoms with Crippen LogP contribution in [0.5, 0.6) is 0 Å². The van der Waals surface area contributed by atoms with Gasteiger partial charge in [0, 0.05) is 5.16 Å². The van der Waals surface area contributed by atoms with Crippen molar-refractivity contribution in [3.63, 3.8) is 0 Å². The van der Waals surface area contributed by atoms with Crippen LogP contribution in [0.25, 0.3) is 0 Å². The van der Waals surface area contributed by atoms with E-state index in [0.717, 1.165) is 5.92 Å². The maximum absolute atomic E-state index is 6.35. The van der Waals surface area contributed by atoms with Gasteiger partial charge in [0.2, 0.25) is 0 Å². The molecule has 1 atom stereocenters. The molecule has 1 aliphatic carbocycles. The van der Waals surface area contributed by atoms with Crippen LogP contribution >= 0.6 is 0 Å². The van der Waals surface area contributed by atoms with Crippen LogP contribution in [0.15, 0.2) is 0 Å². The molecule has 1 rings (SSSR count). The molecule has 1 fully saturated rings. The Morgan fingerprint density at radius 3 is 2.23 bits per heavy atom. The van der Waals surface area contributed by atoms with E-state index in [4.69, 9.17) is 5.73 Å². The summed E-state index contributed by atoms with van der Waals surface area (Å²) in [6, 6.07) is 0. The minimum atomic E-state index is -0.673. The summed E-state index contributed by atoms with van der Waals surface area (Å²) >= 11 is 0. The van der Waals surface area contributed by atoms with Gasteiger partial charge in [-0.1, -0.05) is 52.1 Å². The van der Waals surface area contributed by atoms with Crippen LogP contribution in [-0.4, -0.2) is 14.0 Å². The molecular formula is C11H25NSi. The van der Waals surface area contributed by atoms with Gasteiger partial charge in [-0.3, -0.25) is 0 Å². The van der Waals surface area contributed by atoms with Crippen LogP contribution < -0.4 is 5.73 Å². The molecule has 0 heterocycles. The predicted octanol–water partition coefficient (Wildman–Crippen LogP) is 2.70. The van der Waals surface area contributed by atoms with Gasteiger partial charge in [0.25, 0.3) is 0 Å². The lowest BCUT2D eigenvalue weighted by molar-refractivity contribution is 0.307. The first-order chi connectivity index (χ1) is 6.02. The molecule has 2 N–H and O–H groups in total. The molecule has 0 spiro atoms. The summed E-state index contributed by atoms with van der Waals surface area (Å²) in [5.74, 6) is 0.943. The van der Waals surface area contributed by atoms with E-state index >= 15 is 0 Å². The highest BCUT2D eigenvalue weighted by atomic mass is 28.3. The molecule has 0 radical (unpaired) electrons. The first kappa shape index (κ1) is 11.3. The second-order valence-electron chi connectivity index (χ2n) is 5.37. The van der Waals surface area contributed by atoms with Crippen LogP contribution in [0.3, 0.4) is 0 Å². The molecule has 13 heavy (non-hydrogen) atoms. The number of hydrogen-bond donors (Lipinski definition) is 1. The average Bonchev–Trinajstić information content (AvgIpc) is 2.05. The third kappa shape index (κ3) is 3.43. The van der Waals surface area contributed by atoms with Crippen molar-refractivity contribution in [2.75, 3.05) is 0 Å². The Balaban J connectivity index is 2.37. The standard InChI is InChI=1S/C11H25NSi/c1-11(12,13(2)3)9-10-7-5-4-6-8-10/h10,13H,4-9,12H2,1-3H3. The SMILES string of the molecule is C[SiH](C)C(C)(N)CC1CCCCC1. The molecule has 0 aromatic rings. The number of nitrogens with two attached hydrogens (primary N) is 1. The molecule has 1 saturated carbocycles. The van der Waals surface area contributed by atoms with E-state index < -0.39 is 8.80 Å². The molecule has 0 saturated heterocycles. The van der Waals surface area contributed by atoms with Crippen molar-refractivity contribution in [1.29, 1.82) is 0 Å². The fourth-order valence-corrected chi connectivity index (χ4v) is 3.05. The van der Waals surface area contributed by atoms with Gasteiger partial charge < -0.3 is 5.73 Å². The monoisotopic (exact) mass is 199 g/mol. The second-order valence-corrected chi connectivity index (χ2v) is 9.00. The highest BCUT2D eigenvalue weighted by molar-refractivity contribution is 6.59. The Bertz CT molecular complexity index is 148. The Kier molecular flexibility index (Phi) is 3.99. The van der Waals surface area contributed by atoms with Crippen molar-refractivity contribution in [3.05, 3.63) is 0 Å². The molecule has 0 aliphatic heterocycles. The van der Waals surface area contributed by atoms with Crippen LogP contribution in [0, 0.1) is 5.92 Å². The highest BCUT2D eigenvalue weighted by Gasteiger charge is 2.28. The Morgan fingerprint density at radius 1 is 1.23 bits per heavy atom. The zero-order chi connectivity index (χ0) is 9.90. The number of hydrogen-bond acceptors (Lipinski definition) is 1. The van der Waals surface area contributed by atoms with Gasteiger partial charge in [-0.25, -0.2) is 0 Å². The van der Waals surface area contributed by atoms with Crippen molar-refractivity contribution in [2.24, 2.45) is 11.7 Å². The molecule has 0 amide bonds. The maximum Gasteiger partial charge on any atom is 0.0538 e. The van der Waals surface area contributed by atoms with E-state index in [0.29, 0.717) is 0 Å².